The second-order valence-corrected chi connectivity index (χ2v) is 7.11. The van der Waals surface area contributed by atoms with E-state index in [4.69, 9.17) is 0 Å². The Labute approximate surface area is 122 Å². The van der Waals surface area contributed by atoms with Gasteiger partial charge >= 0.3 is 0 Å². The van der Waals surface area contributed by atoms with E-state index in [9.17, 15) is 0 Å². The van der Waals surface area contributed by atoms with E-state index in [-0.39, 0.29) is 5.54 Å². The highest BCUT2D eigenvalue weighted by molar-refractivity contribution is 5.13. The highest BCUT2D eigenvalue weighted by atomic mass is 15.3. The number of hydrogen-bond acceptors (Lipinski definition) is 3. The van der Waals surface area contributed by atoms with Crippen molar-refractivity contribution in [3.8, 4) is 0 Å². The van der Waals surface area contributed by atoms with Crippen LogP contribution in [-0.2, 0) is 6.54 Å². The fourth-order valence-electron chi connectivity index (χ4n) is 3.45. The van der Waals surface area contributed by atoms with Crippen LogP contribution in [0.25, 0.3) is 0 Å². The van der Waals surface area contributed by atoms with Crippen LogP contribution in [0, 0.1) is 5.92 Å². The summed E-state index contributed by atoms with van der Waals surface area (Å²) in [5.41, 5.74) is 1.94. The number of aromatic nitrogens is 1. The highest BCUT2D eigenvalue weighted by Gasteiger charge is 2.48. The summed E-state index contributed by atoms with van der Waals surface area (Å²) in [4.78, 5) is 6.82. The first kappa shape index (κ1) is 14.0. The van der Waals surface area contributed by atoms with E-state index in [0.29, 0.717) is 5.54 Å². The standard InChI is InChI=1S/C17H27N3/c1-4-16(2)12-19-17(3,15-5-6-15)13-20(16)11-14-7-9-18-10-8-14/h7-10,15,19H,4-6,11-13H2,1-3H3. The summed E-state index contributed by atoms with van der Waals surface area (Å²) in [6, 6.07) is 4.29. The molecule has 0 bridgehead atoms. The van der Waals surface area contributed by atoms with Crippen molar-refractivity contribution in [1.82, 2.24) is 15.2 Å². The van der Waals surface area contributed by atoms with Crippen LogP contribution >= 0.6 is 0 Å². The lowest BCUT2D eigenvalue weighted by Gasteiger charge is -2.52. The monoisotopic (exact) mass is 273 g/mol. The number of rotatable bonds is 4. The molecular formula is C17H27N3. The summed E-state index contributed by atoms with van der Waals surface area (Å²) in [5, 5.41) is 3.86. The third-order valence-corrected chi connectivity index (χ3v) is 5.52. The molecule has 3 nitrogen and oxygen atoms in total. The molecule has 1 saturated heterocycles. The SMILES string of the molecule is CCC1(C)CNC(C)(C2CC2)CN1Cc1ccncc1. The molecule has 0 spiro atoms. The van der Waals surface area contributed by atoms with Crippen LogP contribution in [0.2, 0.25) is 0 Å². The van der Waals surface area contributed by atoms with Gasteiger partial charge < -0.3 is 5.32 Å². The van der Waals surface area contributed by atoms with Gasteiger partial charge in [-0.1, -0.05) is 6.92 Å². The van der Waals surface area contributed by atoms with Gasteiger partial charge in [-0.2, -0.15) is 0 Å². The molecule has 2 aliphatic rings. The van der Waals surface area contributed by atoms with E-state index in [1.807, 2.05) is 12.4 Å². The van der Waals surface area contributed by atoms with E-state index in [2.05, 4.69) is 48.1 Å². The summed E-state index contributed by atoms with van der Waals surface area (Å²) in [6.07, 6.45) is 7.79. The van der Waals surface area contributed by atoms with Crippen molar-refractivity contribution < 1.29 is 0 Å². The Morgan fingerprint density at radius 1 is 1.30 bits per heavy atom. The molecule has 20 heavy (non-hydrogen) atoms. The first-order valence-electron chi connectivity index (χ1n) is 7.95. The zero-order valence-electron chi connectivity index (χ0n) is 13.0. The third kappa shape index (κ3) is 2.61. The zero-order chi connectivity index (χ0) is 14.2. The van der Waals surface area contributed by atoms with Gasteiger partial charge in [-0.15, -0.1) is 0 Å². The van der Waals surface area contributed by atoms with Gasteiger partial charge in [-0.05, 0) is 56.7 Å². The lowest BCUT2D eigenvalue weighted by Crippen LogP contribution is -2.68. The van der Waals surface area contributed by atoms with E-state index in [1.165, 1.54) is 24.8 Å². The number of nitrogens with one attached hydrogen (secondary N) is 1. The number of nitrogens with zero attached hydrogens (tertiary/aromatic N) is 2. The smallest absolute Gasteiger partial charge is 0.0309 e. The third-order valence-electron chi connectivity index (χ3n) is 5.52. The quantitative estimate of drug-likeness (QED) is 0.914. The summed E-state index contributed by atoms with van der Waals surface area (Å²) in [7, 11) is 0. The topological polar surface area (TPSA) is 28.2 Å². The largest absolute Gasteiger partial charge is 0.308 e. The number of piperazine rings is 1. The van der Waals surface area contributed by atoms with Gasteiger partial charge in [0.1, 0.15) is 0 Å². The Balaban J connectivity index is 1.79. The lowest BCUT2D eigenvalue weighted by atomic mass is 9.84. The van der Waals surface area contributed by atoms with E-state index in [1.54, 1.807) is 0 Å². The van der Waals surface area contributed by atoms with Gasteiger partial charge in [0.05, 0.1) is 0 Å². The minimum atomic E-state index is 0.262. The van der Waals surface area contributed by atoms with Gasteiger partial charge in [0.15, 0.2) is 0 Å². The van der Waals surface area contributed by atoms with Crippen molar-refractivity contribution in [3.05, 3.63) is 30.1 Å². The molecule has 2 fully saturated rings. The second kappa shape index (κ2) is 5.12. The molecule has 110 valence electrons. The van der Waals surface area contributed by atoms with Crippen LogP contribution in [0.15, 0.2) is 24.5 Å². The maximum Gasteiger partial charge on any atom is 0.0309 e. The maximum absolute atomic E-state index is 4.13. The maximum atomic E-state index is 4.13. The van der Waals surface area contributed by atoms with E-state index >= 15 is 0 Å². The molecule has 2 heterocycles. The van der Waals surface area contributed by atoms with Crippen molar-refractivity contribution in [2.24, 2.45) is 5.92 Å². The molecule has 0 aromatic carbocycles. The average molecular weight is 273 g/mol. The predicted octanol–water partition coefficient (Wildman–Crippen LogP) is 2.82. The first-order chi connectivity index (χ1) is 9.56. The van der Waals surface area contributed by atoms with Crippen molar-refractivity contribution in [1.29, 1.82) is 0 Å². The highest BCUT2D eigenvalue weighted by Crippen LogP contribution is 2.43. The molecule has 3 heteroatoms. The molecule has 2 unspecified atom stereocenters. The number of pyridine rings is 1. The molecule has 2 atom stereocenters. The number of hydrogen-bond donors (Lipinski definition) is 1. The molecule has 1 N–H and O–H groups in total. The summed E-state index contributed by atoms with van der Waals surface area (Å²) >= 11 is 0. The predicted molar refractivity (Wildman–Crippen MR) is 82.5 cm³/mol. The Kier molecular flexibility index (Phi) is 3.59. The van der Waals surface area contributed by atoms with Gasteiger partial charge in [0.25, 0.3) is 0 Å². The summed E-state index contributed by atoms with van der Waals surface area (Å²) < 4.78 is 0. The normalized spacial score (nSPS) is 35.1. The van der Waals surface area contributed by atoms with Gasteiger partial charge in [0, 0.05) is 43.1 Å². The van der Waals surface area contributed by atoms with Crippen LogP contribution in [0.4, 0.5) is 0 Å². The Hall–Kier alpha value is -0.930. The molecule has 1 aliphatic carbocycles. The molecule has 1 saturated carbocycles. The minimum absolute atomic E-state index is 0.262. The average Bonchev–Trinajstić information content (AvgIpc) is 3.29. The van der Waals surface area contributed by atoms with E-state index in [0.717, 1.165) is 25.6 Å². The molecule has 0 radical (unpaired) electrons. The fraction of sp³-hybridized carbons (Fsp3) is 0.706. The van der Waals surface area contributed by atoms with Crippen molar-refractivity contribution in [3.63, 3.8) is 0 Å². The first-order valence-corrected chi connectivity index (χ1v) is 7.95. The fourth-order valence-corrected chi connectivity index (χ4v) is 3.45. The Bertz CT molecular complexity index is 457. The van der Waals surface area contributed by atoms with Crippen molar-refractivity contribution >= 4 is 0 Å². The summed E-state index contributed by atoms with van der Waals surface area (Å²) in [5.74, 6) is 0.879. The van der Waals surface area contributed by atoms with Crippen molar-refractivity contribution in [2.45, 2.75) is 57.7 Å². The minimum Gasteiger partial charge on any atom is -0.308 e. The Morgan fingerprint density at radius 3 is 2.60 bits per heavy atom. The molecule has 3 rings (SSSR count). The van der Waals surface area contributed by atoms with E-state index < -0.39 is 0 Å². The van der Waals surface area contributed by atoms with Crippen LogP contribution in [0.1, 0.15) is 45.6 Å². The lowest BCUT2D eigenvalue weighted by molar-refractivity contribution is 0.00423. The molecule has 1 aromatic rings. The van der Waals surface area contributed by atoms with Crippen LogP contribution in [0.5, 0.6) is 0 Å². The van der Waals surface area contributed by atoms with Crippen LogP contribution in [0.3, 0.4) is 0 Å². The van der Waals surface area contributed by atoms with Crippen molar-refractivity contribution in [2.75, 3.05) is 13.1 Å². The molecule has 0 amide bonds. The van der Waals surface area contributed by atoms with Gasteiger partial charge in [0.2, 0.25) is 0 Å². The molecular weight excluding hydrogens is 246 g/mol. The van der Waals surface area contributed by atoms with Gasteiger partial charge in [-0.25, -0.2) is 0 Å². The molecule has 1 aromatic heterocycles. The Morgan fingerprint density at radius 2 is 2.00 bits per heavy atom. The van der Waals surface area contributed by atoms with Crippen LogP contribution in [-0.4, -0.2) is 34.1 Å². The zero-order valence-corrected chi connectivity index (χ0v) is 13.0. The van der Waals surface area contributed by atoms with Gasteiger partial charge in [-0.3, -0.25) is 9.88 Å². The summed E-state index contributed by atoms with van der Waals surface area (Å²) in [6.45, 7) is 10.4. The molecule has 1 aliphatic heterocycles. The second-order valence-electron chi connectivity index (χ2n) is 7.11. The van der Waals surface area contributed by atoms with Crippen LogP contribution < -0.4 is 5.32 Å².